The number of hydrogen-bond donors (Lipinski definition) is 2. The monoisotopic (exact) mass is 418 g/mol. The molecule has 0 radical (unpaired) electrons. The van der Waals surface area contributed by atoms with Gasteiger partial charge in [0.05, 0.1) is 26.7 Å². The van der Waals surface area contributed by atoms with Gasteiger partial charge in [-0.05, 0) is 30.3 Å². The van der Waals surface area contributed by atoms with Crippen molar-refractivity contribution >= 4 is 33.2 Å². The first-order chi connectivity index (χ1) is 12.6. The molecule has 10 heteroatoms. The van der Waals surface area contributed by atoms with Gasteiger partial charge >= 0.3 is 6.18 Å². The fraction of sp³-hybridized carbons (Fsp3) is 0.118. The van der Waals surface area contributed by atoms with Crippen molar-refractivity contribution in [3.05, 3.63) is 71.3 Å². The van der Waals surface area contributed by atoms with Crippen molar-refractivity contribution in [2.45, 2.75) is 11.1 Å². The molecule has 2 aromatic rings. The average molecular weight is 419 g/mol. The van der Waals surface area contributed by atoms with E-state index in [0.717, 1.165) is 12.1 Å². The van der Waals surface area contributed by atoms with E-state index < -0.39 is 37.6 Å². The summed E-state index contributed by atoms with van der Waals surface area (Å²) in [6.07, 6.45) is -3.37. The van der Waals surface area contributed by atoms with Gasteiger partial charge in [0.25, 0.3) is 15.9 Å². The fourth-order valence-corrected chi connectivity index (χ4v) is 3.45. The SMILES string of the molecule is C=CCNC(=O)c1ccccc1NS(=O)(=O)c1ccc(Cl)c(C(F)(F)F)c1. The first-order valence-electron chi connectivity index (χ1n) is 7.44. The number of para-hydroxylation sites is 1. The van der Waals surface area contributed by atoms with Crippen LogP contribution in [0.2, 0.25) is 5.02 Å². The van der Waals surface area contributed by atoms with Gasteiger partial charge in [-0.15, -0.1) is 6.58 Å². The minimum atomic E-state index is -4.81. The number of amides is 1. The number of nitrogens with one attached hydrogen (secondary N) is 2. The molecule has 2 aromatic carbocycles. The van der Waals surface area contributed by atoms with Gasteiger partial charge in [-0.25, -0.2) is 8.42 Å². The number of carbonyl (C=O) groups excluding carboxylic acids is 1. The number of sulfonamides is 1. The van der Waals surface area contributed by atoms with Crippen molar-refractivity contribution < 1.29 is 26.4 Å². The molecule has 0 saturated heterocycles. The van der Waals surface area contributed by atoms with Crippen LogP contribution < -0.4 is 10.0 Å². The van der Waals surface area contributed by atoms with Crippen LogP contribution in [0.5, 0.6) is 0 Å². The quantitative estimate of drug-likeness (QED) is 0.694. The summed E-state index contributed by atoms with van der Waals surface area (Å²) in [7, 11) is -4.40. The molecule has 27 heavy (non-hydrogen) atoms. The van der Waals surface area contributed by atoms with Crippen molar-refractivity contribution in [3.8, 4) is 0 Å². The van der Waals surface area contributed by atoms with E-state index in [1.165, 1.54) is 30.3 Å². The number of halogens is 4. The topological polar surface area (TPSA) is 75.3 Å². The van der Waals surface area contributed by atoms with Gasteiger partial charge in [0.15, 0.2) is 0 Å². The maximum Gasteiger partial charge on any atom is 0.417 e. The highest BCUT2D eigenvalue weighted by Crippen LogP contribution is 2.36. The summed E-state index contributed by atoms with van der Waals surface area (Å²) >= 11 is 5.51. The van der Waals surface area contributed by atoms with E-state index in [9.17, 15) is 26.4 Å². The molecule has 0 aliphatic carbocycles. The highest BCUT2D eigenvalue weighted by atomic mass is 35.5. The Morgan fingerprint density at radius 1 is 1.19 bits per heavy atom. The van der Waals surface area contributed by atoms with Gasteiger partial charge in [0.2, 0.25) is 0 Å². The van der Waals surface area contributed by atoms with E-state index >= 15 is 0 Å². The fourth-order valence-electron chi connectivity index (χ4n) is 2.12. The molecule has 0 heterocycles. The second-order valence-electron chi connectivity index (χ2n) is 5.29. The lowest BCUT2D eigenvalue weighted by atomic mass is 10.1. The number of benzene rings is 2. The van der Waals surface area contributed by atoms with Crippen LogP contribution in [0.4, 0.5) is 18.9 Å². The Bertz CT molecular complexity index is 976. The Balaban J connectivity index is 2.41. The molecular formula is C17H14ClF3N2O3S. The van der Waals surface area contributed by atoms with Gasteiger partial charge < -0.3 is 5.32 Å². The Morgan fingerprint density at radius 3 is 2.48 bits per heavy atom. The molecule has 0 fully saturated rings. The Kier molecular flexibility index (Phi) is 6.17. The van der Waals surface area contributed by atoms with Crippen LogP contribution in [0.25, 0.3) is 0 Å². The molecule has 0 aliphatic rings. The molecule has 0 unspecified atom stereocenters. The molecule has 0 aliphatic heterocycles. The Hall–Kier alpha value is -2.52. The first-order valence-corrected chi connectivity index (χ1v) is 9.30. The summed E-state index contributed by atoms with van der Waals surface area (Å²) in [5, 5.41) is 1.87. The largest absolute Gasteiger partial charge is 0.417 e. The molecule has 0 spiro atoms. The normalized spacial score (nSPS) is 11.7. The lowest BCUT2D eigenvalue weighted by Crippen LogP contribution is -2.25. The summed E-state index contributed by atoms with van der Waals surface area (Å²) in [4.78, 5) is 11.5. The van der Waals surface area contributed by atoms with Crippen LogP contribution >= 0.6 is 11.6 Å². The summed E-state index contributed by atoms with van der Waals surface area (Å²) in [6, 6.07) is 7.92. The molecule has 0 bridgehead atoms. The van der Waals surface area contributed by atoms with Crippen molar-refractivity contribution in [1.29, 1.82) is 0 Å². The predicted molar refractivity (Wildman–Crippen MR) is 96.2 cm³/mol. The third-order valence-corrected chi connectivity index (χ3v) is 5.07. The zero-order valence-corrected chi connectivity index (χ0v) is 15.3. The summed E-state index contributed by atoms with van der Waals surface area (Å²) in [6.45, 7) is 3.61. The second kappa shape index (κ2) is 8.01. The van der Waals surface area contributed by atoms with E-state index in [-0.39, 0.29) is 17.8 Å². The van der Waals surface area contributed by atoms with Crippen LogP contribution in [0.3, 0.4) is 0 Å². The van der Waals surface area contributed by atoms with Gasteiger partial charge in [-0.3, -0.25) is 9.52 Å². The average Bonchev–Trinajstić information content (AvgIpc) is 2.59. The zero-order valence-electron chi connectivity index (χ0n) is 13.7. The lowest BCUT2D eigenvalue weighted by Gasteiger charge is -2.14. The van der Waals surface area contributed by atoms with Gasteiger partial charge in [-0.2, -0.15) is 13.2 Å². The first kappa shape index (κ1) is 20.8. The zero-order chi connectivity index (χ0) is 20.2. The van der Waals surface area contributed by atoms with Gasteiger partial charge in [0, 0.05) is 6.54 Å². The third kappa shape index (κ3) is 5.01. The number of rotatable bonds is 6. The molecule has 0 saturated carbocycles. The third-order valence-electron chi connectivity index (χ3n) is 3.38. The number of alkyl halides is 3. The Labute approximate surface area is 158 Å². The van der Waals surface area contributed by atoms with Crippen LogP contribution in [0.15, 0.2) is 60.0 Å². The van der Waals surface area contributed by atoms with E-state index in [1.807, 2.05) is 0 Å². The smallest absolute Gasteiger partial charge is 0.349 e. The number of hydrogen-bond acceptors (Lipinski definition) is 3. The van der Waals surface area contributed by atoms with Crippen molar-refractivity contribution in [1.82, 2.24) is 5.32 Å². The molecular weight excluding hydrogens is 405 g/mol. The minimum absolute atomic E-state index is 0.00735. The lowest BCUT2D eigenvalue weighted by molar-refractivity contribution is -0.137. The Morgan fingerprint density at radius 2 is 1.85 bits per heavy atom. The highest BCUT2D eigenvalue weighted by Gasteiger charge is 2.34. The summed E-state index contributed by atoms with van der Waals surface area (Å²) in [5.74, 6) is -0.569. The maximum absolute atomic E-state index is 13.0. The number of carbonyl (C=O) groups is 1. The molecule has 5 nitrogen and oxygen atoms in total. The van der Waals surface area contributed by atoms with Gasteiger partial charge in [0.1, 0.15) is 0 Å². The van der Waals surface area contributed by atoms with E-state index in [2.05, 4.69) is 16.6 Å². The molecule has 0 aromatic heterocycles. The van der Waals surface area contributed by atoms with E-state index in [0.29, 0.717) is 6.07 Å². The standard InChI is InChI=1S/C17H14ClF3N2O3S/c1-2-9-22-16(24)12-5-3-4-6-15(12)23-27(25,26)11-7-8-14(18)13(10-11)17(19,20)21/h2-8,10,23H,1,9H2,(H,22,24). The summed E-state index contributed by atoms with van der Waals surface area (Å²) in [5.41, 5.74) is -1.35. The van der Waals surface area contributed by atoms with Crippen molar-refractivity contribution in [2.75, 3.05) is 11.3 Å². The van der Waals surface area contributed by atoms with Gasteiger partial charge in [-0.1, -0.05) is 29.8 Å². The minimum Gasteiger partial charge on any atom is -0.349 e. The maximum atomic E-state index is 13.0. The highest BCUT2D eigenvalue weighted by molar-refractivity contribution is 7.92. The molecule has 1 amide bonds. The molecule has 2 N–H and O–H groups in total. The van der Waals surface area contributed by atoms with Crippen LogP contribution in [-0.2, 0) is 16.2 Å². The molecule has 0 atom stereocenters. The van der Waals surface area contributed by atoms with Crippen LogP contribution in [0, 0.1) is 0 Å². The molecule has 2 rings (SSSR count). The number of anilines is 1. The molecule has 144 valence electrons. The van der Waals surface area contributed by atoms with Crippen LogP contribution in [-0.4, -0.2) is 20.9 Å². The van der Waals surface area contributed by atoms with E-state index in [4.69, 9.17) is 11.6 Å². The predicted octanol–water partition coefficient (Wildman–Crippen LogP) is 4.08. The summed E-state index contributed by atoms with van der Waals surface area (Å²) < 4.78 is 66.1. The van der Waals surface area contributed by atoms with Crippen molar-refractivity contribution in [3.63, 3.8) is 0 Å². The second-order valence-corrected chi connectivity index (χ2v) is 7.38. The van der Waals surface area contributed by atoms with Crippen LogP contribution in [0.1, 0.15) is 15.9 Å². The van der Waals surface area contributed by atoms with E-state index in [1.54, 1.807) is 0 Å². The van der Waals surface area contributed by atoms with Crippen molar-refractivity contribution in [2.24, 2.45) is 0 Å².